The molecule has 336 valence electrons. The van der Waals surface area contributed by atoms with Crippen LogP contribution in [0.25, 0.3) is 10.8 Å². The molecule has 65 heavy (non-hydrogen) atoms. The van der Waals surface area contributed by atoms with Gasteiger partial charge in [-0.3, -0.25) is 0 Å². The second-order valence-corrected chi connectivity index (χ2v) is 18.8. The van der Waals surface area contributed by atoms with E-state index in [9.17, 15) is 0 Å². The van der Waals surface area contributed by atoms with Crippen molar-refractivity contribution in [1.82, 2.24) is 0 Å². The summed E-state index contributed by atoms with van der Waals surface area (Å²) in [5.41, 5.74) is 3.89. The van der Waals surface area contributed by atoms with E-state index in [0.29, 0.717) is 75.9 Å². The molecule has 10 rings (SSSR count). The number of nitrogens with zero attached hydrogens (tertiary/aromatic N) is 2. The molecule has 0 spiro atoms. The molecule has 2 aliphatic carbocycles. The summed E-state index contributed by atoms with van der Waals surface area (Å²) in [5.74, 6) is 7.74. The average molecular weight is 914 g/mol. The summed E-state index contributed by atoms with van der Waals surface area (Å²) in [6, 6.07) is 30.2. The lowest BCUT2D eigenvalue weighted by atomic mass is 9.79. The van der Waals surface area contributed by atoms with Gasteiger partial charge in [-0.2, -0.15) is 0 Å². The Morgan fingerprint density at radius 1 is 0.538 bits per heavy atom. The molecule has 0 aromatic heterocycles. The first-order valence-electron chi connectivity index (χ1n) is 23.1. The van der Waals surface area contributed by atoms with E-state index < -0.39 is 0 Å². The maximum atomic E-state index is 7.11. The summed E-state index contributed by atoms with van der Waals surface area (Å²) >= 11 is 14.2. The van der Waals surface area contributed by atoms with Crippen LogP contribution in [-0.2, 0) is 0 Å². The standard InChI is InChI=1S/C54H54Cl2N2O7/c1-32-6-10-34(11-7-32)36-14-19-39(20-15-36)60-26-4-5-27-61-46-29-44-45(30-47(46)63-31-62-40-21-16-37(17-22-40)35-12-8-33(2)9-13-35)64-53-48(55)51-54(49(56)50(53)58-44)65-52-42-24-23-41(59-3)28-38(42)18-25-43(52)57-51/h14-25,28-30,32-35H,4-13,26-27,31H2,1-3H3. The number of methoxy groups -OCH3 is 1. The smallest absolute Gasteiger partial charge is 0.231 e. The average Bonchev–Trinajstić information content (AvgIpc) is 3.34. The van der Waals surface area contributed by atoms with Crippen molar-refractivity contribution in [1.29, 1.82) is 0 Å². The van der Waals surface area contributed by atoms with E-state index in [1.54, 1.807) is 19.2 Å². The number of hydrogen-bond acceptors (Lipinski definition) is 9. The van der Waals surface area contributed by atoms with Gasteiger partial charge in [0.2, 0.25) is 6.79 Å². The quantitative estimate of drug-likeness (QED) is 0.0793. The van der Waals surface area contributed by atoms with Crippen molar-refractivity contribution in [2.75, 3.05) is 27.1 Å². The van der Waals surface area contributed by atoms with Gasteiger partial charge >= 0.3 is 0 Å². The normalized spacial score (nSPS) is 19.5. The van der Waals surface area contributed by atoms with Gasteiger partial charge in [0.1, 0.15) is 49.4 Å². The van der Waals surface area contributed by atoms with Crippen LogP contribution in [0.4, 0.5) is 11.4 Å². The zero-order valence-electron chi connectivity index (χ0n) is 37.2. The fourth-order valence-electron chi connectivity index (χ4n) is 9.57. The van der Waals surface area contributed by atoms with E-state index in [2.05, 4.69) is 50.2 Å². The number of benzene rings is 6. The van der Waals surface area contributed by atoms with Crippen molar-refractivity contribution in [3.63, 3.8) is 0 Å². The molecule has 0 amide bonds. The van der Waals surface area contributed by atoms with E-state index >= 15 is 0 Å². The predicted octanol–water partition coefficient (Wildman–Crippen LogP) is 14.5. The van der Waals surface area contributed by atoms with Gasteiger partial charge in [0.25, 0.3) is 0 Å². The number of hydrogen-bond donors (Lipinski definition) is 0. The van der Waals surface area contributed by atoms with Crippen molar-refractivity contribution >= 4 is 45.3 Å². The van der Waals surface area contributed by atoms with Crippen molar-refractivity contribution in [3.8, 4) is 51.7 Å². The molecule has 9 nitrogen and oxygen atoms in total. The van der Waals surface area contributed by atoms with E-state index in [-0.39, 0.29) is 22.6 Å². The van der Waals surface area contributed by atoms with E-state index in [4.69, 9.17) is 66.3 Å². The Hall–Kier alpha value is -5.64. The van der Waals surface area contributed by atoms with Gasteiger partial charge in [0.05, 0.1) is 20.3 Å². The van der Waals surface area contributed by atoms with Crippen LogP contribution in [0.3, 0.4) is 0 Å². The topological polar surface area (TPSA) is 89.3 Å². The summed E-state index contributed by atoms with van der Waals surface area (Å²) in [5, 5.41) is 2.93. The molecule has 0 bridgehead atoms. The third kappa shape index (κ3) is 9.28. The van der Waals surface area contributed by atoms with Gasteiger partial charge in [-0.1, -0.05) is 93.1 Å². The summed E-state index contributed by atoms with van der Waals surface area (Å²) in [4.78, 5) is 9.86. The van der Waals surface area contributed by atoms with Gasteiger partial charge in [-0.15, -0.1) is 0 Å². The minimum absolute atomic E-state index is 0.0488. The van der Waals surface area contributed by atoms with Crippen LogP contribution in [0, 0.1) is 11.8 Å². The zero-order chi connectivity index (χ0) is 44.4. The summed E-state index contributed by atoms with van der Waals surface area (Å²) in [6.45, 7) is 5.66. The van der Waals surface area contributed by atoms with Gasteiger partial charge in [0, 0.05) is 17.5 Å². The number of unbranched alkanes of at least 4 members (excludes halogenated alkanes) is 1. The van der Waals surface area contributed by atoms with Crippen LogP contribution < -0.4 is 43.9 Å². The number of rotatable bonds is 14. The fraction of sp³-hybridized carbons (Fsp3) is 0.370. The highest BCUT2D eigenvalue weighted by atomic mass is 35.5. The molecular weight excluding hydrogens is 860 g/mol. The maximum absolute atomic E-state index is 7.11. The second-order valence-electron chi connectivity index (χ2n) is 18.0. The Bertz CT molecular complexity index is 2820. The minimum Gasteiger partial charge on any atom is -0.497 e. The first-order valence-corrected chi connectivity index (χ1v) is 23.9. The van der Waals surface area contributed by atoms with Crippen LogP contribution in [0.2, 0.25) is 10.0 Å². The highest BCUT2D eigenvalue weighted by Gasteiger charge is 2.29. The lowest BCUT2D eigenvalue weighted by molar-refractivity contribution is 0.114. The van der Waals surface area contributed by atoms with Gasteiger partial charge in [-0.25, -0.2) is 9.98 Å². The van der Waals surface area contributed by atoms with Gasteiger partial charge in [0.15, 0.2) is 34.5 Å². The fourth-order valence-corrected chi connectivity index (χ4v) is 10.1. The third-order valence-electron chi connectivity index (χ3n) is 13.5. The molecule has 6 aromatic rings. The molecule has 0 radical (unpaired) electrons. The van der Waals surface area contributed by atoms with E-state index in [0.717, 1.165) is 52.7 Å². The first-order chi connectivity index (χ1) is 31.8. The van der Waals surface area contributed by atoms with Crippen molar-refractivity contribution in [2.24, 2.45) is 21.8 Å². The molecule has 11 heteroatoms. The van der Waals surface area contributed by atoms with Crippen molar-refractivity contribution < 1.29 is 33.2 Å². The Morgan fingerprint density at radius 2 is 1.09 bits per heavy atom. The van der Waals surface area contributed by atoms with Crippen LogP contribution in [0.5, 0.6) is 51.7 Å². The largest absolute Gasteiger partial charge is 0.497 e. The van der Waals surface area contributed by atoms with Crippen molar-refractivity contribution in [3.05, 3.63) is 123 Å². The van der Waals surface area contributed by atoms with Gasteiger partial charge < -0.3 is 33.2 Å². The zero-order valence-corrected chi connectivity index (χ0v) is 38.7. The highest BCUT2D eigenvalue weighted by Crippen LogP contribution is 2.48. The van der Waals surface area contributed by atoms with Gasteiger partial charge in [-0.05, 0) is 127 Å². The van der Waals surface area contributed by atoms with Crippen LogP contribution in [-0.4, -0.2) is 27.1 Å². The molecule has 4 aliphatic rings. The molecule has 0 saturated heterocycles. The molecule has 0 atom stereocenters. The molecule has 2 fully saturated rings. The Kier molecular flexibility index (Phi) is 12.7. The SMILES string of the molecule is COc1ccc2c3c(ccc2c1)N=c1c(Cl)c2c(c(Cl)c1O3)=Nc1cc(OCCCCOc3ccc(C4CCC(C)CC4)cc3)c(OCOc3ccc(C4CCC(C)CC4)cc3)cc1O2. The van der Waals surface area contributed by atoms with Crippen molar-refractivity contribution in [2.45, 2.75) is 89.9 Å². The molecule has 2 heterocycles. The Balaban J connectivity index is 0.858. The molecule has 2 aliphatic heterocycles. The second kappa shape index (κ2) is 19.1. The molecule has 2 saturated carbocycles. The molecular formula is C54H54Cl2N2O7. The first kappa shape index (κ1) is 43.3. The summed E-state index contributed by atoms with van der Waals surface area (Å²) < 4.78 is 43.4. The maximum Gasteiger partial charge on any atom is 0.231 e. The monoisotopic (exact) mass is 912 g/mol. The number of fused-ring (bicyclic) bond motifs is 6. The van der Waals surface area contributed by atoms with Crippen LogP contribution in [0.1, 0.15) is 101 Å². The summed E-state index contributed by atoms with van der Waals surface area (Å²) in [6.07, 6.45) is 11.7. The van der Waals surface area contributed by atoms with E-state index in [1.807, 2.05) is 42.5 Å². The lowest BCUT2D eigenvalue weighted by Gasteiger charge is -2.26. The lowest BCUT2D eigenvalue weighted by Crippen LogP contribution is -2.22. The Labute approximate surface area is 390 Å². The summed E-state index contributed by atoms with van der Waals surface area (Å²) in [7, 11) is 1.64. The number of ether oxygens (including phenoxy) is 7. The van der Waals surface area contributed by atoms with Crippen LogP contribution >= 0.6 is 23.2 Å². The van der Waals surface area contributed by atoms with Crippen LogP contribution in [0.15, 0.2) is 101 Å². The van der Waals surface area contributed by atoms with E-state index in [1.165, 1.54) is 62.5 Å². The predicted molar refractivity (Wildman–Crippen MR) is 255 cm³/mol. The minimum atomic E-state index is -0.0488. The molecule has 0 N–H and O–H groups in total. The highest BCUT2D eigenvalue weighted by molar-refractivity contribution is 6.35. The third-order valence-corrected chi connectivity index (χ3v) is 14.2. The molecule has 0 unspecified atom stereocenters. The Morgan fingerprint density at radius 3 is 1.72 bits per heavy atom. The number of halogens is 2. The molecule has 6 aromatic carbocycles.